The lowest BCUT2D eigenvalue weighted by molar-refractivity contribution is 0.0697. The second-order valence-corrected chi connectivity index (χ2v) is 3.66. The Bertz CT molecular complexity index is 568. The lowest BCUT2D eigenvalue weighted by Gasteiger charge is -2.06. The van der Waals surface area contributed by atoms with Crippen LogP contribution < -0.4 is 5.32 Å². The molecular formula is C9H8ClN5O2. The van der Waals surface area contributed by atoms with Crippen LogP contribution in [0.2, 0.25) is 5.02 Å². The number of benzene rings is 1. The maximum Gasteiger partial charge on any atom is 0.335 e. The van der Waals surface area contributed by atoms with Gasteiger partial charge in [-0.25, -0.2) is 9.48 Å². The predicted molar refractivity (Wildman–Crippen MR) is 60.5 cm³/mol. The number of halogens is 1. The third kappa shape index (κ3) is 2.34. The molecule has 8 heteroatoms. The van der Waals surface area contributed by atoms with Crippen LogP contribution in [0.1, 0.15) is 10.4 Å². The minimum Gasteiger partial charge on any atom is -0.478 e. The highest BCUT2D eigenvalue weighted by atomic mass is 35.5. The first kappa shape index (κ1) is 11.3. The molecule has 1 aromatic heterocycles. The Hall–Kier alpha value is -2.15. The number of rotatable bonds is 3. The number of carboxylic acids is 1. The third-order valence-corrected chi connectivity index (χ3v) is 2.40. The van der Waals surface area contributed by atoms with Crippen molar-refractivity contribution in [1.29, 1.82) is 0 Å². The van der Waals surface area contributed by atoms with E-state index in [-0.39, 0.29) is 10.6 Å². The van der Waals surface area contributed by atoms with Gasteiger partial charge in [-0.1, -0.05) is 16.7 Å². The van der Waals surface area contributed by atoms with Crippen molar-refractivity contribution in [1.82, 2.24) is 20.2 Å². The van der Waals surface area contributed by atoms with Crippen molar-refractivity contribution in [2.45, 2.75) is 0 Å². The second-order valence-electron chi connectivity index (χ2n) is 3.25. The van der Waals surface area contributed by atoms with Crippen LogP contribution in [0.5, 0.6) is 0 Å². The quantitative estimate of drug-likeness (QED) is 0.857. The molecule has 2 aromatic rings. The number of hydrogen-bond donors (Lipinski definition) is 2. The van der Waals surface area contributed by atoms with E-state index in [9.17, 15) is 4.79 Å². The normalized spacial score (nSPS) is 10.2. The molecule has 0 atom stereocenters. The number of aromatic carboxylic acids is 1. The summed E-state index contributed by atoms with van der Waals surface area (Å²) >= 11 is 5.94. The zero-order valence-electron chi connectivity index (χ0n) is 8.75. The van der Waals surface area contributed by atoms with Crippen molar-refractivity contribution in [3.63, 3.8) is 0 Å². The lowest BCUT2D eigenvalue weighted by Crippen LogP contribution is -2.02. The van der Waals surface area contributed by atoms with Crippen LogP contribution in [0.25, 0.3) is 0 Å². The Morgan fingerprint density at radius 2 is 2.29 bits per heavy atom. The van der Waals surface area contributed by atoms with Gasteiger partial charge in [-0.3, -0.25) is 0 Å². The molecule has 0 bridgehead atoms. The van der Waals surface area contributed by atoms with Gasteiger partial charge in [0, 0.05) is 7.05 Å². The monoisotopic (exact) mass is 253 g/mol. The van der Waals surface area contributed by atoms with Gasteiger partial charge < -0.3 is 10.4 Å². The van der Waals surface area contributed by atoms with Gasteiger partial charge in [0.25, 0.3) is 0 Å². The van der Waals surface area contributed by atoms with E-state index >= 15 is 0 Å². The first-order chi connectivity index (χ1) is 8.08. The van der Waals surface area contributed by atoms with Gasteiger partial charge in [-0.15, -0.1) is 0 Å². The first-order valence-corrected chi connectivity index (χ1v) is 4.98. The number of aromatic nitrogens is 4. The summed E-state index contributed by atoms with van der Waals surface area (Å²) in [4.78, 5) is 10.7. The Kier molecular flexibility index (Phi) is 2.92. The smallest absolute Gasteiger partial charge is 0.335 e. The molecule has 1 aromatic carbocycles. The Balaban J connectivity index is 2.29. The molecule has 0 aliphatic rings. The summed E-state index contributed by atoms with van der Waals surface area (Å²) in [5, 5.41) is 22.8. The molecule has 0 aliphatic carbocycles. The molecule has 2 rings (SSSR count). The highest BCUT2D eigenvalue weighted by Crippen LogP contribution is 2.25. The fourth-order valence-corrected chi connectivity index (χ4v) is 1.43. The highest BCUT2D eigenvalue weighted by molar-refractivity contribution is 6.33. The van der Waals surface area contributed by atoms with Crippen molar-refractivity contribution >= 4 is 29.2 Å². The molecule has 0 aliphatic heterocycles. The molecule has 0 radical (unpaired) electrons. The zero-order chi connectivity index (χ0) is 12.4. The van der Waals surface area contributed by atoms with Gasteiger partial charge in [0.15, 0.2) is 0 Å². The summed E-state index contributed by atoms with van der Waals surface area (Å²) in [5.74, 6) is -0.617. The predicted octanol–water partition coefficient (Wildman–Crippen LogP) is 1.31. The number of nitrogens with zero attached hydrogens (tertiary/aromatic N) is 4. The van der Waals surface area contributed by atoms with E-state index < -0.39 is 5.97 Å². The molecule has 7 nitrogen and oxygen atoms in total. The average molecular weight is 254 g/mol. The van der Waals surface area contributed by atoms with Gasteiger partial charge in [0.05, 0.1) is 16.3 Å². The molecule has 0 fully saturated rings. The molecule has 2 N–H and O–H groups in total. The molecular weight excluding hydrogens is 246 g/mol. The summed E-state index contributed by atoms with van der Waals surface area (Å²) in [6.07, 6.45) is 0. The van der Waals surface area contributed by atoms with E-state index in [2.05, 4.69) is 20.8 Å². The largest absolute Gasteiger partial charge is 0.478 e. The number of tetrazole rings is 1. The number of carboxylic acid groups (broad SMARTS) is 1. The summed E-state index contributed by atoms with van der Waals surface area (Å²) in [6.45, 7) is 0. The van der Waals surface area contributed by atoms with E-state index in [1.807, 2.05) is 0 Å². The van der Waals surface area contributed by atoms with E-state index in [1.165, 1.54) is 16.8 Å². The molecule has 0 spiro atoms. The number of carbonyl (C=O) groups is 1. The molecule has 0 amide bonds. The minimum absolute atomic E-state index is 0.122. The maximum atomic E-state index is 10.7. The first-order valence-electron chi connectivity index (χ1n) is 4.60. The van der Waals surface area contributed by atoms with Crippen LogP contribution in [-0.4, -0.2) is 31.3 Å². The SMILES string of the molecule is Cn1nnnc1Nc1ccc(C(=O)O)cc1Cl. The number of hydrogen-bond acceptors (Lipinski definition) is 5. The van der Waals surface area contributed by atoms with Crippen molar-refractivity contribution in [2.24, 2.45) is 7.05 Å². The van der Waals surface area contributed by atoms with Crippen molar-refractivity contribution in [2.75, 3.05) is 5.32 Å². The van der Waals surface area contributed by atoms with Gasteiger partial charge in [0.2, 0.25) is 5.95 Å². The number of nitrogens with one attached hydrogen (secondary N) is 1. The molecule has 17 heavy (non-hydrogen) atoms. The van der Waals surface area contributed by atoms with Crippen LogP contribution in [0.15, 0.2) is 18.2 Å². The summed E-state index contributed by atoms with van der Waals surface area (Å²) in [5.41, 5.74) is 0.659. The van der Waals surface area contributed by atoms with Gasteiger partial charge in [-0.05, 0) is 28.6 Å². The molecule has 1 heterocycles. The third-order valence-electron chi connectivity index (χ3n) is 2.08. The summed E-state index contributed by atoms with van der Waals surface area (Å²) in [7, 11) is 1.67. The van der Waals surface area contributed by atoms with Crippen LogP contribution in [0.3, 0.4) is 0 Å². The van der Waals surface area contributed by atoms with Crippen LogP contribution in [0.4, 0.5) is 11.6 Å². The Labute approximate surface area is 101 Å². The van der Waals surface area contributed by atoms with Gasteiger partial charge >= 0.3 is 5.97 Å². The topological polar surface area (TPSA) is 92.9 Å². The Morgan fingerprint density at radius 3 is 2.82 bits per heavy atom. The second kappa shape index (κ2) is 4.38. The maximum absolute atomic E-state index is 10.7. The standard InChI is InChI=1S/C9H8ClN5O2/c1-15-9(12-13-14-15)11-7-3-2-5(8(16)17)4-6(7)10/h2-4H,1H3,(H,16,17)(H,11,12,14). The summed E-state index contributed by atoms with van der Waals surface area (Å²) in [6, 6.07) is 4.36. The minimum atomic E-state index is -1.03. The van der Waals surface area contributed by atoms with Crippen molar-refractivity contribution in [3.8, 4) is 0 Å². The van der Waals surface area contributed by atoms with Crippen LogP contribution in [0, 0.1) is 0 Å². The number of anilines is 2. The van der Waals surface area contributed by atoms with Crippen molar-refractivity contribution < 1.29 is 9.90 Å². The van der Waals surface area contributed by atoms with E-state index in [1.54, 1.807) is 13.1 Å². The molecule has 0 saturated heterocycles. The van der Waals surface area contributed by atoms with E-state index in [4.69, 9.17) is 16.7 Å². The fraction of sp³-hybridized carbons (Fsp3) is 0.111. The average Bonchev–Trinajstić information content (AvgIpc) is 2.67. The zero-order valence-corrected chi connectivity index (χ0v) is 9.51. The molecule has 88 valence electrons. The molecule has 0 saturated carbocycles. The van der Waals surface area contributed by atoms with Crippen LogP contribution >= 0.6 is 11.6 Å². The van der Waals surface area contributed by atoms with Crippen molar-refractivity contribution in [3.05, 3.63) is 28.8 Å². The summed E-state index contributed by atoms with van der Waals surface area (Å²) < 4.78 is 1.43. The molecule has 0 unspecified atom stereocenters. The highest BCUT2D eigenvalue weighted by Gasteiger charge is 2.09. The van der Waals surface area contributed by atoms with Gasteiger partial charge in [-0.2, -0.15) is 0 Å². The lowest BCUT2D eigenvalue weighted by atomic mass is 10.2. The van der Waals surface area contributed by atoms with Crippen LogP contribution in [-0.2, 0) is 7.05 Å². The fourth-order valence-electron chi connectivity index (χ4n) is 1.21. The van der Waals surface area contributed by atoms with E-state index in [0.717, 1.165) is 0 Å². The van der Waals surface area contributed by atoms with E-state index in [0.29, 0.717) is 11.6 Å². The number of aryl methyl sites for hydroxylation is 1. The van der Waals surface area contributed by atoms with Gasteiger partial charge in [0.1, 0.15) is 0 Å². The Morgan fingerprint density at radius 1 is 1.53 bits per heavy atom.